The first-order chi connectivity index (χ1) is 8.54. The average Bonchev–Trinajstić information content (AvgIpc) is 2.73. The lowest BCUT2D eigenvalue weighted by molar-refractivity contribution is 0.383. The third-order valence-electron chi connectivity index (χ3n) is 2.07. The highest BCUT2D eigenvalue weighted by atomic mass is 32.2. The van der Waals surface area contributed by atoms with Gasteiger partial charge >= 0.3 is 0 Å². The normalized spacial score (nSPS) is 11.1. The predicted octanol–water partition coefficient (Wildman–Crippen LogP) is 1.44. The van der Waals surface area contributed by atoms with Crippen LogP contribution in [0.25, 0.3) is 0 Å². The molecule has 0 aliphatic carbocycles. The first-order valence-corrected chi connectivity index (χ1v) is 6.38. The molecule has 0 atom stereocenters. The van der Waals surface area contributed by atoms with Crippen LogP contribution in [0.4, 0.5) is 11.6 Å². The maximum absolute atomic E-state index is 5.58. The van der Waals surface area contributed by atoms with Gasteiger partial charge in [0.1, 0.15) is 11.6 Å². The third kappa shape index (κ3) is 3.10. The van der Waals surface area contributed by atoms with E-state index in [1.807, 2.05) is 13.8 Å². The second-order valence-electron chi connectivity index (χ2n) is 3.99. The van der Waals surface area contributed by atoms with Gasteiger partial charge in [0.25, 0.3) is 0 Å². The molecule has 2 rings (SSSR count). The van der Waals surface area contributed by atoms with Crippen molar-refractivity contribution in [3.05, 3.63) is 17.8 Å². The highest BCUT2D eigenvalue weighted by Gasteiger charge is 2.11. The molecule has 0 aromatic carbocycles. The van der Waals surface area contributed by atoms with Crippen molar-refractivity contribution < 1.29 is 4.52 Å². The maximum atomic E-state index is 5.58. The Balaban J connectivity index is 2.02. The van der Waals surface area contributed by atoms with Gasteiger partial charge in [-0.2, -0.15) is 4.98 Å². The molecular formula is C10H14N6OS. The summed E-state index contributed by atoms with van der Waals surface area (Å²) >= 11 is 1.35. The zero-order valence-corrected chi connectivity index (χ0v) is 10.9. The summed E-state index contributed by atoms with van der Waals surface area (Å²) in [5.41, 5.74) is 11.2. The molecule has 0 amide bonds. The maximum Gasteiger partial charge on any atom is 0.237 e. The van der Waals surface area contributed by atoms with E-state index in [1.54, 1.807) is 0 Å². The van der Waals surface area contributed by atoms with Gasteiger partial charge in [0.05, 0.1) is 5.75 Å². The number of thioether (sulfide) groups is 1. The lowest BCUT2D eigenvalue weighted by Gasteiger charge is -2.00. The SMILES string of the molecule is CC(C)c1noc(CSc2nc(N)cc(N)n2)n1. The topological polar surface area (TPSA) is 117 Å². The zero-order chi connectivity index (χ0) is 13.1. The molecule has 2 aromatic rings. The van der Waals surface area contributed by atoms with E-state index in [1.165, 1.54) is 17.8 Å². The molecule has 0 radical (unpaired) electrons. The summed E-state index contributed by atoms with van der Waals surface area (Å²) in [6.07, 6.45) is 0. The molecule has 0 spiro atoms. The van der Waals surface area contributed by atoms with E-state index in [2.05, 4.69) is 20.1 Å². The molecule has 7 nitrogen and oxygen atoms in total. The van der Waals surface area contributed by atoms with E-state index in [0.717, 1.165) is 0 Å². The van der Waals surface area contributed by atoms with Crippen LogP contribution in [0.3, 0.4) is 0 Å². The van der Waals surface area contributed by atoms with E-state index in [4.69, 9.17) is 16.0 Å². The standard InChI is InChI=1S/C10H14N6OS/c1-5(2)9-15-8(17-16-9)4-18-10-13-6(11)3-7(12)14-10/h3,5H,4H2,1-2H3,(H4,11,12,13,14). The van der Waals surface area contributed by atoms with Gasteiger partial charge in [-0.1, -0.05) is 30.8 Å². The van der Waals surface area contributed by atoms with Crippen molar-refractivity contribution in [2.75, 3.05) is 11.5 Å². The minimum atomic E-state index is 0.242. The van der Waals surface area contributed by atoms with Gasteiger partial charge in [0.15, 0.2) is 11.0 Å². The van der Waals surface area contributed by atoms with Crippen LogP contribution in [0.1, 0.15) is 31.5 Å². The lowest BCUT2D eigenvalue weighted by Crippen LogP contribution is -1.99. The Morgan fingerprint density at radius 3 is 2.44 bits per heavy atom. The summed E-state index contributed by atoms with van der Waals surface area (Å²) in [6, 6.07) is 1.51. The van der Waals surface area contributed by atoms with Crippen LogP contribution in [0, 0.1) is 0 Å². The number of nitrogen functional groups attached to an aromatic ring is 2. The molecule has 96 valence electrons. The Bertz CT molecular complexity index is 521. The summed E-state index contributed by atoms with van der Waals surface area (Å²) < 4.78 is 5.11. The molecule has 4 N–H and O–H groups in total. The molecule has 0 fully saturated rings. The number of nitrogens with zero attached hydrogens (tertiary/aromatic N) is 4. The highest BCUT2D eigenvalue weighted by molar-refractivity contribution is 7.98. The Labute approximate surface area is 108 Å². The molecule has 0 aliphatic rings. The number of hydrogen-bond acceptors (Lipinski definition) is 8. The minimum Gasteiger partial charge on any atom is -0.383 e. The van der Waals surface area contributed by atoms with Crippen molar-refractivity contribution in [2.24, 2.45) is 0 Å². The first-order valence-electron chi connectivity index (χ1n) is 5.40. The van der Waals surface area contributed by atoms with E-state index in [-0.39, 0.29) is 5.92 Å². The lowest BCUT2D eigenvalue weighted by atomic mass is 10.2. The number of anilines is 2. The Hall–Kier alpha value is -1.83. The smallest absolute Gasteiger partial charge is 0.237 e. The number of aromatic nitrogens is 4. The molecule has 0 bridgehead atoms. The summed E-state index contributed by atoms with van der Waals surface area (Å²) in [4.78, 5) is 12.4. The first kappa shape index (κ1) is 12.6. The van der Waals surface area contributed by atoms with E-state index in [0.29, 0.717) is 34.3 Å². The average molecular weight is 266 g/mol. The minimum absolute atomic E-state index is 0.242. The van der Waals surface area contributed by atoms with Crippen molar-refractivity contribution in [2.45, 2.75) is 30.7 Å². The number of rotatable bonds is 4. The highest BCUT2D eigenvalue weighted by Crippen LogP contribution is 2.21. The van der Waals surface area contributed by atoms with Crippen LogP contribution < -0.4 is 11.5 Å². The fourth-order valence-electron chi connectivity index (χ4n) is 1.21. The molecule has 0 aliphatic heterocycles. The Morgan fingerprint density at radius 2 is 1.89 bits per heavy atom. The summed E-state index contributed by atoms with van der Waals surface area (Å²) in [5.74, 6) is 2.65. The second-order valence-corrected chi connectivity index (χ2v) is 4.93. The largest absolute Gasteiger partial charge is 0.383 e. The Kier molecular flexibility index (Phi) is 3.66. The summed E-state index contributed by atoms with van der Waals surface area (Å²) in [6.45, 7) is 4.01. The van der Waals surface area contributed by atoms with Gasteiger partial charge < -0.3 is 16.0 Å². The molecule has 18 heavy (non-hydrogen) atoms. The molecule has 0 saturated carbocycles. The second kappa shape index (κ2) is 5.21. The molecule has 2 aromatic heterocycles. The predicted molar refractivity (Wildman–Crippen MR) is 68.8 cm³/mol. The van der Waals surface area contributed by atoms with Crippen molar-refractivity contribution in [3.8, 4) is 0 Å². The molecule has 8 heteroatoms. The van der Waals surface area contributed by atoms with Gasteiger partial charge in [0.2, 0.25) is 5.89 Å². The van der Waals surface area contributed by atoms with Gasteiger partial charge in [-0.3, -0.25) is 0 Å². The van der Waals surface area contributed by atoms with Crippen LogP contribution in [0.5, 0.6) is 0 Å². The number of hydrogen-bond donors (Lipinski definition) is 2. The fraction of sp³-hybridized carbons (Fsp3) is 0.400. The fourth-order valence-corrected chi connectivity index (χ4v) is 1.92. The van der Waals surface area contributed by atoms with Crippen molar-refractivity contribution >= 4 is 23.4 Å². The molecular weight excluding hydrogens is 252 g/mol. The van der Waals surface area contributed by atoms with Crippen LogP contribution in [0.2, 0.25) is 0 Å². The Morgan fingerprint density at radius 1 is 1.22 bits per heavy atom. The van der Waals surface area contributed by atoms with Crippen molar-refractivity contribution in [3.63, 3.8) is 0 Å². The van der Waals surface area contributed by atoms with Gasteiger partial charge in [0, 0.05) is 12.0 Å². The third-order valence-corrected chi connectivity index (χ3v) is 2.90. The van der Waals surface area contributed by atoms with Crippen molar-refractivity contribution in [1.82, 2.24) is 20.1 Å². The van der Waals surface area contributed by atoms with E-state index >= 15 is 0 Å². The van der Waals surface area contributed by atoms with E-state index in [9.17, 15) is 0 Å². The van der Waals surface area contributed by atoms with Gasteiger partial charge in [-0.15, -0.1) is 0 Å². The van der Waals surface area contributed by atoms with Crippen molar-refractivity contribution in [1.29, 1.82) is 0 Å². The quantitative estimate of drug-likeness (QED) is 0.630. The summed E-state index contributed by atoms with van der Waals surface area (Å²) in [5, 5.41) is 4.37. The van der Waals surface area contributed by atoms with Gasteiger partial charge in [-0.25, -0.2) is 9.97 Å². The van der Waals surface area contributed by atoms with Crippen LogP contribution in [0.15, 0.2) is 15.7 Å². The molecule has 2 heterocycles. The van der Waals surface area contributed by atoms with Crippen LogP contribution >= 0.6 is 11.8 Å². The van der Waals surface area contributed by atoms with Crippen LogP contribution in [-0.4, -0.2) is 20.1 Å². The molecule has 0 unspecified atom stereocenters. The van der Waals surface area contributed by atoms with Gasteiger partial charge in [-0.05, 0) is 0 Å². The molecule has 0 saturated heterocycles. The summed E-state index contributed by atoms with van der Waals surface area (Å²) in [7, 11) is 0. The zero-order valence-electron chi connectivity index (χ0n) is 10.1. The van der Waals surface area contributed by atoms with E-state index < -0.39 is 0 Å². The van der Waals surface area contributed by atoms with Crippen LogP contribution in [-0.2, 0) is 5.75 Å². The number of nitrogens with two attached hydrogens (primary N) is 2. The monoisotopic (exact) mass is 266 g/mol.